The number of carbonyl (C=O) groups excluding carboxylic acids is 3. The van der Waals surface area contributed by atoms with E-state index in [-0.39, 0.29) is 5.57 Å². The first-order valence-corrected chi connectivity index (χ1v) is 14.3. The van der Waals surface area contributed by atoms with E-state index in [9.17, 15) is 14.4 Å². The molecule has 0 atom stereocenters. The predicted molar refractivity (Wildman–Crippen MR) is 167 cm³/mol. The van der Waals surface area contributed by atoms with Crippen molar-refractivity contribution in [3.05, 3.63) is 123 Å². The SMILES string of the molecule is COc1cc(/C=C2\C(=O)NC(=O)N(c3ccc(OCc4ccc(Br)cc4)cc3)C2=O)ccc1OCc1ccc(C)c(C)c1. The summed E-state index contributed by atoms with van der Waals surface area (Å²) in [7, 11) is 1.51. The van der Waals surface area contributed by atoms with Gasteiger partial charge in [0.1, 0.15) is 24.5 Å². The third kappa shape index (κ3) is 6.95. The molecule has 0 spiro atoms. The summed E-state index contributed by atoms with van der Waals surface area (Å²) in [5.74, 6) is -0.00796. The molecule has 0 radical (unpaired) electrons. The summed E-state index contributed by atoms with van der Waals surface area (Å²) in [5, 5.41) is 2.25. The third-order valence-corrected chi connectivity index (χ3v) is 7.51. The smallest absolute Gasteiger partial charge is 0.335 e. The van der Waals surface area contributed by atoms with Crippen molar-refractivity contribution in [2.45, 2.75) is 27.1 Å². The minimum atomic E-state index is -0.830. The number of nitrogens with zero attached hydrogens (tertiary/aromatic N) is 1. The molecule has 5 rings (SSSR count). The van der Waals surface area contributed by atoms with Crippen LogP contribution < -0.4 is 24.4 Å². The topological polar surface area (TPSA) is 94.2 Å². The maximum atomic E-state index is 13.4. The number of aryl methyl sites for hydroxylation is 2. The summed E-state index contributed by atoms with van der Waals surface area (Å²) in [6.45, 7) is 4.82. The second-order valence-electron chi connectivity index (χ2n) is 9.98. The number of halogens is 1. The fourth-order valence-corrected chi connectivity index (χ4v) is 4.71. The standard InChI is InChI=1S/C34H29BrN2O6/c1-21-4-5-25(16-22(21)2)20-43-30-15-8-24(18-31(30)41-3)17-29-32(38)36-34(40)37(33(29)39)27-11-13-28(14-12-27)42-19-23-6-9-26(35)10-7-23/h4-18H,19-20H2,1-3H3,(H,36,38,40)/b29-17+. The molecule has 4 amide bonds. The molecule has 1 fully saturated rings. The Kier molecular flexibility index (Phi) is 8.92. The number of anilines is 1. The van der Waals surface area contributed by atoms with Gasteiger partial charge in [-0.05, 0) is 96.3 Å². The lowest BCUT2D eigenvalue weighted by Gasteiger charge is -2.26. The highest BCUT2D eigenvalue weighted by Crippen LogP contribution is 2.31. The molecular weight excluding hydrogens is 612 g/mol. The lowest BCUT2D eigenvalue weighted by Crippen LogP contribution is -2.54. The van der Waals surface area contributed by atoms with Gasteiger partial charge in [0.15, 0.2) is 11.5 Å². The van der Waals surface area contributed by atoms with Gasteiger partial charge in [0.2, 0.25) is 0 Å². The van der Waals surface area contributed by atoms with Crippen LogP contribution in [-0.4, -0.2) is 25.0 Å². The van der Waals surface area contributed by atoms with Crippen LogP contribution in [0.4, 0.5) is 10.5 Å². The highest BCUT2D eigenvalue weighted by atomic mass is 79.9. The Morgan fingerprint density at radius 3 is 2.16 bits per heavy atom. The average Bonchev–Trinajstić information content (AvgIpc) is 3.00. The molecule has 1 aliphatic rings. The summed E-state index contributed by atoms with van der Waals surface area (Å²) in [6.07, 6.45) is 1.42. The lowest BCUT2D eigenvalue weighted by molar-refractivity contribution is -0.122. The van der Waals surface area contributed by atoms with Crippen LogP contribution in [0, 0.1) is 13.8 Å². The van der Waals surface area contributed by atoms with Crippen LogP contribution in [0.5, 0.6) is 17.2 Å². The molecule has 4 aromatic carbocycles. The van der Waals surface area contributed by atoms with Gasteiger partial charge in [-0.3, -0.25) is 14.9 Å². The molecule has 0 aliphatic carbocycles. The normalized spacial score (nSPS) is 14.1. The van der Waals surface area contributed by atoms with E-state index in [4.69, 9.17) is 14.2 Å². The quantitative estimate of drug-likeness (QED) is 0.158. The minimum Gasteiger partial charge on any atom is -0.493 e. The number of methoxy groups -OCH3 is 1. The number of ether oxygens (including phenoxy) is 3. The molecule has 0 saturated carbocycles. The Bertz CT molecular complexity index is 1710. The molecule has 1 aliphatic heterocycles. The van der Waals surface area contributed by atoms with Crippen molar-refractivity contribution in [2.24, 2.45) is 0 Å². The van der Waals surface area contributed by atoms with Gasteiger partial charge < -0.3 is 14.2 Å². The number of rotatable bonds is 9. The van der Waals surface area contributed by atoms with Crippen LogP contribution in [0.25, 0.3) is 6.08 Å². The van der Waals surface area contributed by atoms with E-state index in [1.165, 1.54) is 24.3 Å². The summed E-state index contributed by atoms with van der Waals surface area (Å²) < 4.78 is 18.3. The molecule has 1 N–H and O–H groups in total. The van der Waals surface area contributed by atoms with E-state index >= 15 is 0 Å². The van der Waals surface area contributed by atoms with E-state index in [1.54, 1.807) is 42.5 Å². The van der Waals surface area contributed by atoms with Crippen molar-refractivity contribution in [1.29, 1.82) is 0 Å². The zero-order valence-electron chi connectivity index (χ0n) is 23.8. The molecule has 0 unspecified atom stereocenters. The number of benzene rings is 4. The van der Waals surface area contributed by atoms with Gasteiger partial charge in [0, 0.05) is 4.47 Å². The molecular formula is C34H29BrN2O6. The van der Waals surface area contributed by atoms with Crippen LogP contribution in [0.2, 0.25) is 0 Å². The monoisotopic (exact) mass is 640 g/mol. The highest BCUT2D eigenvalue weighted by molar-refractivity contribution is 9.10. The van der Waals surface area contributed by atoms with Crippen LogP contribution in [0.15, 0.2) is 95.0 Å². The van der Waals surface area contributed by atoms with Crippen molar-refractivity contribution in [1.82, 2.24) is 5.32 Å². The first kappa shape index (κ1) is 29.6. The number of urea groups is 1. The Hall–Kier alpha value is -4.89. The van der Waals surface area contributed by atoms with E-state index in [2.05, 4.69) is 41.2 Å². The first-order valence-electron chi connectivity index (χ1n) is 13.5. The van der Waals surface area contributed by atoms with Crippen molar-refractivity contribution >= 4 is 45.5 Å². The van der Waals surface area contributed by atoms with Crippen LogP contribution in [0.1, 0.15) is 27.8 Å². The van der Waals surface area contributed by atoms with Gasteiger partial charge in [-0.1, -0.05) is 52.3 Å². The number of imide groups is 2. The predicted octanol–water partition coefficient (Wildman–Crippen LogP) is 6.90. The van der Waals surface area contributed by atoms with Crippen LogP contribution >= 0.6 is 15.9 Å². The fourth-order valence-electron chi connectivity index (χ4n) is 4.44. The number of carbonyl (C=O) groups is 3. The minimum absolute atomic E-state index is 0.194. The van der Waals surface area contributed by atoms with Gasteiger partial charge in [-0.25, -0.2) is 9.69 Å². The number of nitrogens with one attached hydrogen (secondary N) is 1. The summed E-state index contributed by atoms with van der Waals surface area (Å²) in [6, 6.07) is 24.7. The van der Waals surface area contributed by atoms with Crippen molar-refractivity contribution in [2.75, 3.05) is 12.0 Å². The second kappa shape index (κ2) is 13.0. The van der Waals surface area contributed by atoms with E-state index in [0.717, 1.165) is 20.5 Å². The number of hydrogen-bond acceptors (Lipinski definition) is 6. The molecule has 218 valence electrons. The van der Waals surface area contributed by atoms with E-state index < -0.39 is 17.8 Å². The Morgan fingerprint density at radius 2 is 1.47 bits per heavy atom. The van der Waals surface area contributed by atoms with Crippen molar-refractivity contribution in [3.8, 4) is 17.2 Å². The Balaban J connectivity index is 1.30. The first-order chi connectivity index (χ1) is 20.7. The second-order valence-corrected chi connectivity index (χ2v) is 10.9. The van der Waals surface area contributed by atoms with Crippen LogP contribution in [0.3, 0.4) is 0 Å². The Labute approximate surface area is 258 Å². The average molecular weight is 642 g/mol. The maximum Gasteiger partial charge on any atom is 0.335 e. The summed E-state index contributed by atoms with van der Waals surface area (Å²) in [4.78, 5) is 39.7. The van der Waals surface area contributed by atoms with E-state index in [0.29, 0.717) is 41.7 Å². The molecule has 0 bridgehead atoms. The highest BCUT2D eigenvalue weighted by Gasteiger charge is 2.36. The van der Waals surface area contributed by atoms with Gasteiger partial charge >= 0.3 is 6.03 Å². The molecule has 9 heteroatoms. The van der Waals surface area contributed by atoms with Crippen molar-refractivity contribution in [3.63, 3.8) is 0 Å². The van der Waals surface area contributed by atoms with Gasteiger partial charge in [0.25, 0.3) is 11.8 Å². The zero-order valence-corrected chi connectivity index (χ0v) is 25.4. The summed E-state index contributed by atoms with van der Waals surface area (Å²) >= 11 is 3.41. The van der Waals surface area contributed by atoms with E-state index in [1.807, 2.05) is 36.4 Å². The molecule has 43 heavy (non-hydrogen) atoms. The summed E-state index contributed by atoms with van der Waals surface area (Å²) in [5.41, 5.74) is 5.03. The number of barbiturate groups is 1. The molecule has 1 heterocycles. The van der Waals surface area contributed by atoms with Gasteiger partial charge in [0.05, 0.1) is 12.8 Å². The Morgan fingerprint density at radius 1 is 0.767 bits per heavy atom. The molecule has 1 saturated heterocycles. The van der Waals surface area contributed by atoms with Gasteiger partial charge in [-0.15, -0.1) is 0 Å². The lowest BCUT2D eigenvalue weighted by atomic mass is 10.1. The molecule has 4 aromatic rings. The zero-order chi connectivity index (χ0) is 30.5. The fraction of sp³-hybridized carbons (Fsp3) is 0.147. The third-order valence-electron chi connectivity index (χ3n) is 6.98. The molecule has 8 nitrogen and oxygen atoms in total. The van der Waals surface area contributed by atoms with Crippen molar-refractivity contribution < 1.29 is 28.6 Å². The number of amides is 4. The van der Waals surface area contributed by atoms with Gasteiger partial charge in [-0.2, -0.15) is 0 Å². The molecule has 0 aromatic heterocycles. The maximum absolute atomic E-state index is 13.4. The van der Waals surface area contributed by atoms with Crippen LogP contribution in [-0.2, 0) is 22.8 Å². The largest absolute Gasteiger partial charge is 0.493 e. The number of hydrogen-bond donors (Lipinski definition) is 1.